The van der Waals surface area contributed by atoms with E-state index in [9.17, 15) is 19.8 Å². The van der Waals surface area contributed by atoms with E-state index in [1.807, 2.05) is 19.9 Å². The normalized spacial score (nSPS) is 11.4. The van der Waals surface area contributed by atoms with E-state index >= 15 is 0 Å². The number of thiophene rings is 1. The molecule has 0 radical (unpaired) electrons. The van der Waals surface area contributed by atoms with Gasteiger partial charge in [-0.1, -0.05) is 19.9 Å². The monoisotopic (exact) mass is 333 g/mol. The molecule has 0 spiro atoms. The van der Waals surface area contributed by atoms with Crippen LogP contribution in [0.3, 0.4) is 0 Å². The van der Waals surface area contributed by atoms with E-state index in [1.54, 1.807) is 23.7 Å². The fourth-order valence-electron chi connectivity index (χ4n) is 2.81. The van der Waals surface area contributed by atoms with Crippen LogP contribution >= 0.6 is 11.3 Å². The third-order valence-corrected chi connectivity index (χ3v) is 5.11. The van der Waals surface area contributed by atoms with Gasteiger partial charge in [-0.25, -0.2) is 0 Å². The standard InChI is InChI=1S/C17H19NO4S/c1-3-11-7-8-18-13(12(11)4-2)10-17(15(19)20,16(21)22)14-6-5-9-23-14/h5-9H,3-4,10H2,1-2H3,(H,19,20)(H,21,22). The smallest absolute Gasteiger partial charge is 0.326 e. The van der Waals surface area contributed by atoms with Crippen molar-refractivity contribution in [2.24, 2.45) is 0 Å². The minimum absolute atomic E-state index is 0.158. The number of carbonyl (C=O) groups is 2. The first kappa shape index (κ1) is 17.1. The maximum atomic E-state index is 11.9. The second-order valence-corrected chi connectivity index (χ2v) is 6.22. The molecule has 0 amide bonds. The van der Waals surface area contributed by atoms with Crippen LogP contribution in [0.2, 0.25) is 0 Å². The summed E-state index contributed by atoms with van der Waals surface area (Å²) in [7, 11) is 0. The van der Waals surface area contributed by atoms with Gasteiger partial charge in [-0.15, -0.1) is 11.3 Å². The molecule has 2 N–H and O–H groups in total. The van der Waals surface area contributed by atoms with Crippen LogP contribution in [0.25, 0.3) is 0 Å². The lowest BCUT2D eigenvalue weighted by Crippen LogP contribution is -2.45. The van der Waals surface area contributed by atoms with Gasteiger partial charge in [0, 0.05) is 23.2 Å². The van der Waals surface area contributed by atoms with Crippen LogP contribution in [0.5, 0.6) is 0 Å². The highest BCUT2D eigenvalue weighted by Gasteiger charge is 2.50. The Morgan fingerprint density at radius 1 is 1.17 bits per heavy atom. The average Bonchev–Trinajstić information content (AvgIpc) is 3.05. The lowest BCUT2D eigenvalue weighted by molar-refractivity contribution is -0.157. The van der Waals surface area contributed by atoms with Crippen molar-refractivity contribution in [1.29, 1.82) is 0 Å². The lowest BCUT2D eigenvalue weighted by Gasteiger charge is -2.25. The number of aliphatic carboxylic acids is 2. The highest BCUT2D eigenvalue weighted by molar-refractivity contribution is 7.10. The molecule has 2 aromatic heterocycles. The van der Waals surface area contributed by atoms with E-state index in [4.69, 9.17) is 0 Å². The first-order valence-corrected chi connectivity index (χ1v) is 8.31. The van der Waals surface area contributed by atoms with E-state index in [0.717, 1.165) is 28.9 Å². The van der Waals surface area contributed by atoms with Gasteiger partial charge in [0.05, 0.1) is 0 Å². The third kappa shape index (κ3) is 2.99. The van der Waals surface area contributed by atoms with Crippen LogP contribution in [0, 0.1) is 0 Å². The number of nitrogens with zero attached hydrogens (tertiary/aromatic N) is 1. The van der Waals surface area contributed by atoms with Crippen LogP contribution in [-0.4, -0.2) is 27.1 Å². The summed E-state index contributed by atoms with van der Waals surface area (Å²) in [5.74, 6) is -2.73. The van der Waals surface area contributed by atoms with Crippen molar-refractivity contribution < 1.29 is 19.8 Å². The highest BCUT2D eigenvalue weighted by atomic mass is 32.1. The number of aromatic nitrogens is 1. The molecule has 122 valence electrons. The maximum Gasteiger partial charge on any atom is 0.326 e. The van der Waals surface area contributed by atoms with Gasteiger partial charge in [0.15, 0.2) is 0 Å². The van der Waals surface area contributed by atoms with Gasteiger partial charge in [-0.05, 0) is 41.5 Å². The lowest BCUT2D eigenvalue weighted by atomic mass is 9.80. The molecule has 2 heterocycles. The summed E-state index contributed by atoms with van der Waals surface area (Å²) in [5, 5.41) is 21.1. The maximum absolute atomic E-state index is 11.9. The molecule has 0 aromatic carbocycles. The summed E-state index contributed by atoms with van der Waals surface area (Å²) >= 11 is 1.14. The van der Waals surface area contributed by atoms with Crippen LogP contribution < -0.4 is 0 Å². The van der Waals surface area contributed by atoms with E-state index in [2.05, 4.69) is 4.98 Å². The summed E-state index contributed by atoms with van der Waals surface area (Å²) in [6.45, 7) is 3.98. The predicted molar refractivity (Wildman–Crippen MR) is 88.0 cm³/mol. The molecule has 0 bridgehead atoms. The molecule has 2 rings (SSSR count). The highest BCUT2D eigenvalue weighted by Crippen LogP contribution is 2.34. The minimum atomic E-state index is -2.00. The van der Waals surface area contributed by atoms with Gasteiger partial charge in [0.1, 0.15) is 0 Å². The first-order chi connectivity index (χ1) is 11.0. The fourth-order valence-corrected chi connectivity index (χ4v) is 3.72. The van der Waals surface area contributed by atoms with Gasteiger partial charge >= 0.3 is 11.9 Å². The Morgan fingerprint density at radius 3 is 2.35 bits per heavy atom. The summed E-state index contributed by atoms with van der Waals surface area (Å²) in [6, 6.07) is 5.12. The average molecular weight is 333 g/mol. The van der Waals surface area contributed by atoms with Crippen LogP contribution in [0.1, 0.15) is 35.5 Å². The molecular formula is C17H19NO4S. The van der Waals surface area contributed by atoms with E-state index < -0.39 is 17.4 Å². The van der Waals surface area contributed by atoms with Crippen molar-refractivity contribution in [3.8, 4) is 0 Å². The molecule has 5 nitrogen and oxygen atoms in total. The number of pyridine rings is 1. The first-order valence-electron chi connectivity index (χ1n) is 7.43. The number of carboxylic acids is 2. The van der Waals surface area contributed by atoms with Crippen molar-refractivity contribution in [3.05, 3.63) is 51.5 Å². The van der Waals surface area contributed by atoms with Crippen LogP contribution in [0.4, 0.5) is 0 Å². The van der Waals surface area contributed by atoms with E-state index in [1.165, 1.54) is 0 Å². The minimum Gasteiger partial charge on any atom is -0.480 e. The van der Waals surface area contributed by atoms with Crippen molar-refractivity contribution >= 4 is 23.3 Å². The summed E-state index contributed by atoms with van der Waals surface area (Å²) in [6.07, 6.45) is 2.95. The van der Waals surface area contributed by atoms with Crippen LogP contribution in [-0.2, 0) is 34.3 Å². The van der Waals surface area contributed by atoms with E-state index in [0.29, 0.717) is 17.0 Å². The quantitative estimate of drug-likeness (QED) is 0.761. The molecule has 2 aromatic rings. The Balaban J connectivity index is 2.61. The largest absolute Gasteiger partial charge is 0.480 e. The van der Waals surface area contributed by atoms with Crippen molar-refractivity contribution in [3.63, 3.8) is 0 Å². The zero-order chi connectivity index (χ0) is 17.0. The summed E-state index contributed by atoms with van der Waals surface area (Å²) < 4.78 is 0. The van der Waals surface area contributed by atoms with Gasteiger partial charge in [0.2, 0.25) is 5.41 Å². The van der Waals surface area contributed by atoms with Gasteiger partial charge in [-0.2, -0.15) is 0 Å². The van der Waals surface area contributed by atoms with Crippen molar-refractivity contribution in [2.75, 3.05) is 0 Å². The molecule has 0 saturated carbocycles. The van der Waals surface area contributed by atoms with Gasteiger partial charge in [-0.3, -0.25) is 14.6 Å². The Hall–Kier alpha value is -2.21. The molecule has 6 heteroatoms. The number of rotatable bonds is 7. The number of carboxylic acid groups (broad SMARTS) is 2. The third-order valence-electron chi connectivity index (χ3n) is 4.08. The molecule has 0 fully saturated rings. The molecular weight excluding hydrogens is 314 g/mol. The number of hydrogen-bond donors (Lipinski definition) is 2. The Morgan fingerprint density at radius 2 is 1.87 bits per heavy atom. The molecule has 0 saturated heterocycles. The predicted octanol–water partition coefficient (Wildman–Crippen LogP) is 2.92. The molecule has 0 aliphatic rings. The molecule has 23 heavy (non-hydrogen) atoms. The second kappa shape index (κ2) is 6.91. The van der Waals surface area contributed by atoms with Crippen molar-refractivity contribution in [2.45, 2.75) is 38.5 Å². The zero-order valence-electron chi connectivity index (χ0n) is 13.1. The van der Waals surface area contributed by atoms with Crippen LogP contribution in [0.15, 0.2) is 29.8 Å². The molecule has 0 unspecified atom stereocenters. The van der Waals surface area contributed by atoms with Crippen molar-refractivity contribution in [1.82, 2.24) is 4.98 Å². The van der Waals surface area contributed by atoms with E-state index in [-0.39, 0.29) is 6.42 Å². The molecule has 0 aliphatic carbocycles. The fraction of sp³-hybridized carbons (Fsp3) is 0.353. The second-order valence-electron chi connectivity index (χ2n) is 5.27. The molecule has 0 atom stereocenters. The topological polar surface area (TPSA) is 87.5 Å². The Labute approximate surface area is 138 Å². The summed E-state index contributed by atoms with van der Waals surface area (Å²) in [5.41, 5.74) is 0.564. The Kier molecular flexibility index (Phi) is 5.15. The zero-order valence-corrected chi connectivity index (χ0v) is 13.9. The number of aryl methyl sites for hydroxylation is 1. The number of hydrogen-bond acceptors (Lipinski definition) is 4. The van der Waals surface area contributed by atoms with Gasteiger partial charge < -0.3 is 10.2 Å². The van der Waals surface area contributed by atoms with Gasteiger partial charge in [0.25, 0.3) is 0 Å². The molecule has 0 aliphatic heterocycles. The Bertz CT molecular complexity index is 695. The summed E-state index contributed by atoms with van der Waals surface area (Å²) in [4.78, 5) is 28.4. The SMILES string of the molecule is CCc1ccnc(CC(C(=O)O)(C(=O)O)c2cccs2)c1CC.